The van der Waals surface area contributed by atoms with E-state index in [-0.39, 0.29) is 12.1 Å². The average Bonchev–Trinajstić information content (AvgIpc) is 2.60. The largest absolute Gasteiger partial charge is 0.298 e. The van der Waals surface area contributed by atoms with Crippen LogP contribution >= 0.6 is 11.8 Å². The molecule has 2 aromatic carbocycles. The average molecular weight is 364 g/mol. The van der Waals surface area contributed by atoms with Crippen LogP contribution in [0.1, 0.15) is 28.4 Å². The molecule has 0 fully saturated rings. The Balaban J connectivity index is 2.03. The summed E-state index contributed by atoms with van der Waals surface area (Å²) in [6.07, 6.45) is 1.55. The first-order valence-electron chi connectivity index (χ1n) is 8.47. The topological polar surface area (TPSA) is 57.1 Å². The second-order valence-electron chi connectivity index (χ2n) is 6.59. The van der Waals surface area contributed by atoms with Crippen molar-refractivity contribution in [2.45, 2.75) is 26.9 Å². The summed E-state index contributed by atoms with van der Waals surface area (Å²) in [6, 6.07) is 12.0. The number of hydrazone groups is 1. The molecule has 0 aliphatic carbocycles. The number of rotatable bonds is 1. The number of para-hydroxylation sites is 1. The monoisotopic (exact) mass is 364 g/mol. The number of nitrogens with zero attached hydrogens (tertiary/aromatic N) is 3. The Bertz CT molecular complexity index is 1050. The number of hydrogen-bond donors (Lipinski definition) is 1. The maximum Gasteiger partial charge on any atom is 0.276 e. The number of amides is 1. The molecule has 0 spiro atoms. The van der Waals surface area contributed by atoms with E-state index in [1.54, 1.807) is 5.01 Å². The van der Waals surface area contributed by atoms with Crippen molar-refractivity contribution in [3.05, 3.63) is 69.2 Å². The second kappa shape index (κ2) is 6.29. The highest BCUT2D eigenvalue weighted by Gasteiger charge is 2.35. The van der Waals surface area contributed by atoms with E-state index in [2.05, 4.69) is 43.3 Å². The van der Waals surface area contributed by atoms with E-state index in [0.29, 0.717) is 10.9 Å². The van der Waals surface area contributed by atoms with Crippen molar-refractivity contribution < 1.29 is 4.79 Å². The molecule has 2 aromatic rings. The molecule has 0 bridgehead atoms. The Kier molecular flexibility index (Phi) is 4.07. The molecule has 132 valence electrons. The number of thioether (sulfide) groups is 1. The van der Waals surface area contributed by atoms with Crippen LogP contribution in [-0.2, 0) is 4.79 Å². The maximum absolute atomic E-state index is 12.8. The minimum atomic E-state index is -0.353. The lowest BCUT2D eigenvalue weighted by atomic mass is 9.96. The molecule has 0 aromatic heterocycles. The standard InChI is InChI=1S/C20H20N4OS/c1-11-9-12(2)16(13(3)10-11)18-21-15-8-6-5-7-14(15)17-19(25)22-20(26-4)23-24(17)18/h5-10,18H,1-4H3,(H,22,23,25). The number of hydrogen-bond acceptors (Lipinski definition) is 5. The number of aryl methyl sites for hydroxylation is 3. The predicted octanol–water partition coefficient (Wildman–Crippen LogP) is 2.12. The van der Waals surface area contributed by atoms with Gasteiger partial charge in [0.1, 0.15) is 5.70 Å². The van der Waals surface area contributed by atoms with Gasteiger partial charge < -0.3 is 0 Å². The third kappa shape index (κ3) is 2.61. The quantitative estimate of drug-likeness (QED) is 0.843. The second-order valence-corrected chi connectivity index (χ2v) is 7.38. The number of benzene rings is 2. The zero-order chi connectivity index (χ0) is 18.4. The molecule has 2 aliphatic heterocycles. The van der Waals surface area contributed by atoms with Crippen molar-refractivity contribution in [3.63, 3.8) is 0 Å². The summed E-state index contributed by atoms with van der Waals surface area (Å²) in [6.45, 7) is 6.27. The molecular formula is C20H20N4OS. The third-order valence-corrected chi connectivity index (χ3v) is 5.28. The summed E-state index contributed by atoms with van der Waals surface area (Å²) < 4.78 is 0. The van der Waals surface area contributed by atoms with Gasteiger partial charge in [-0.2, -0.15) is 0 Å². The van der Waals surface area contributed by atoms with E-state index in [0.717, 1.165) is 27.3 Å². The molecule has 1 atom stereocenters. The van der Waals surface area contributed by atoms with Gasteiger partial charge in [0.15, 0.2) is 11.3 Å². The van der Waals surface area contributed by atoms with Gasteiger partial charge in [0, 0.05) is 10.8 Å². The van der Waals surface area contributed by atoms with Crippen LogP contribution in [0.2, 0.25) is 0 Å². The van der Waals surface area contributed by atoms with E-state index in [4.69, 9.17) is 4.99 Å². The van der Waals surface area contributed by atoms with Crippen LogP contribution < -0.4 is 15.9 Å². The first-order valence-corrected chi connectivity index (χ1v) is 9.70. The van der Waals surface area contributed by atoms with Crippen molar-refractivity contribution in [2.75, 3.05) is 6.26 Å². The van der Waals surface area contributed by atoms with Crippen LogP contribution in [-0.4, -0.2) is 22.3 Å². The lowest BCUT2D eigenvalue weighted by Gasteiger charge is -2.35. The number of amidine groups is 1. The van der Waals surface area contributed by atoms with Crippen LogP contribution in [0.5, 0.6) is 0 Å². The molecular weight excluding hydrogens is 344 g/mol. The van der Waals surface area contributed by atoms with E-state index >= 15 is 0 Å². The Hall–Kier alpha value is -2.60. The molecule has 4 rings (SSSR count). The fraction of sp³-hybridized carbons (Fsp3) is 0.250. The van der Waals surface area contributed by atoms with Crippen molar-refractivity contribution in [1.82, 2.24) is 10.3 Å². The minimum absolute atomic E-state index is 0.140. The summed E-state index contributed by atoms with van der Waals surface area (Å²) in [4.78, 5) is 17.8. The van der Waals surface area contributed by atoms with Gasteiger partial charge in [-0.3, -0.25) is 15.1 Å². The van der Waals surface area contributed by atoms with Crippen molar-refractivity contribution >= 4 is 28.5 Å². The summed E-state index contributed by atoms with van der Waals surface area (Å²) in [7, 11) is 0. The van der Waals surface area contributed by atoms with Crippen LogP contribution in [0.25, 0.3) is 5.70 Å². The van der Waals surface area contributed by atoms with Crippen LogP contribution in [0.15, 0.2) is 46.5 Å². The van der Waals surface area contributed by atoms with Gasteiger partial charge in [0.05, 0.1) is 5.36 Å². The third-order valence-electron chi connectivity index (χ3n) is 4.70. The van der Waals surface area contributed by atoms with Gasteiger partial charge in [-0.15, -0.1) is 5.10 Å². The van der Waals surface area contributed by atoms with E-state index in [9.17, 15) is 4.79 Å². The highest BCUT2D eigenvalue weighted by molar-refractivity contribution is 8.13. The van der Waals surface area contributed by atoms with Crippen LogP contribution in [0, 0.1) is 20.8 Å². The first kappa shape index (κ1) is 16.8. The Morgan fingerprint density at radius 1 is 1.12 bits per heavy atom. The lowest BCUT2D eigenvalue weighted by molar-refractivity contribution is -0.116. The Morgan fingerprint density at radius 3 is 2.50 bits per heavy atom. The Morgan fingerprint density at radius 2 is 1.81 bits per heavy atom. The minimum Gasteiger partial charge on any atom is -0.298 e. The molecule has 1 unspecified atom stereocenters. The number of carbonyl (C=O) groups is 1. The summed E-state index contributed by atoms with van der Waals surface area (Å²) in [5.41, 5.74) is 5.18. The molecule has 0 saturated heterocycles. The van der Waals surface area contributed by atoms with Gasteiger partial charge in [0.2, 0.25) is 0 Å². The van der Waals surface area contributed by atoms with Gasteiger partial charge in [0.25, 0.3) is 5.91 Å². The highest BCUT2D eigenvalue weighted by Crippen LogP contribution is 2.34. The van der Waals surface area contributed by atoms with Crippen LogP contribution in [0.3, 0.4) is 0 Å². The van der Waals surface area contributed by atoms with Crippen molar-refractivity contribution in [2.24, 2.45) is 10.1 Å². The van der Waals surface area contributed by atoms with E-state index < -0.39 is 0 Å². The number of nitrogens with one attached hydrogen (secondary N) is 1. The molecule has 6 heteroatoms. The summed E-state index contributed by atoms with van der Waals surface area (Å²) in [5, 5.41) is 11.5. The zero-order valence-corrected chi connectivity index (χ0v) is 16.0. The van der Waals surface area contributed by atoms with Crippen molar-refractivity contribution in [3.8, 4) is 0 Å². The molecule has 1 N–H and O–H groups in total. The van der Waals surface area contributed by atoms with Gasteiger partial charge in [-0.25, -0.2) is 5.01 Å². The van der Waals surface area contributed by atoms with Gasteiger partial charge in [-0.05, 0) is 44.2 Å². The Labute approximate surface area is 156 Å². The first-order chi connectivity index (χ1) is 12.5. The lowest BCUT2D eigenvalue weighted by Crippen LogP contribution is -2.50. The highest BCUT2D eigenvalue weighted by atomic mass is 32.2. The molecule has 0 saturated carbocycles. The summed E-state index contributed by atoms with van der Waals surface area (Å²) >= 11 is 1.42. The molecule has 2 heterocycles. The fourth-order valence-corrected chi connectivity index (χ4v) is 4.07. The molecule has 26 heavy (non-hydrogen) atoms. The fourth-order valence-electron chi connectivity index (χ4n) is 3.71. The molecule has 2 aliphatic rings. The van der Waals surface area contributed by atoms with E-state index in [1.165, 1.54) is 17.3 Å². The van der Waals surface area contributed by atoms with E-state index in [1.807, 2.05) is 30.5 Å². The maximum atomic E-state index is 12.8. The smallest absolute Gasteiger partial charge is 0.276 e. The van der Waals surface area contributed by atoms with Gasteiger partial charge in [-0.1, -0.05) is 47.7 Å². The summed E-state index contributed by atoms with van der Waals surface area (Å²) in [5.74, 6) is -0.140. The van der Waals surface area contributed by atoms with Crippen LogP contribution in [0.4, 0.5) is 0 Å². The number of carbonyl (C=O) groups excluding carboxylic acids is 1. The predicted molar refractivity (Wildman–Crippen MR) is 105 cm³/mol. The van der Waals surface area contributed by atoms with Gasteiger partial charge >= 0.3 is 0 Å². The normalized spacial score (nSPS) is 18.5. The van der Waals surface area contributed by atoms with Crippen molar-refractivity contribution in [1.29, 1.82) is 0 Å². The molecule has 5 nitrogen and oxygen atoms in total. The SMILES string of the molecule is CSC1=NN2C(=c3ccccc3=NC2c2c(C)cc(C)cc2C)C(=O)N1. The zero-order valence-electron chi connectivity index (χ0n) is 15.2. The number of fused-ring (bicyclic) bond motifs is 2. The molecule has 0 radical (unpaired) electrons. The molecule has 1 amide bonds.